The molecule has 0 aromatic carbocycles. The molecule has 1 aromatic rings. The van der Waals surface area contributed by atoms with Crippen molar-refractivity contribution in [3.8, 4) is 0 Å². The van der Waals surface area contributed by atoms with Crippen LogP contribution in [0, 0.1) is 0 Å². The average molecular weight is 487 g/mol. The van der Waals surface area contributed by atoms with Crippen molar-refractivity contribution < 1.29 is 50.9 Å². The highest BCUT2D eigenvalue weighted by molar-refractivity contribution is 5.73. The van der Waals surface area contributed by atoms with Crippen molar-refractivity contribution in [2.75, 3.05) is 37.7 Å². The largest absolute Gasteiger partial charge is 0.490 e. The van der Waals surface area contributed by atoms with E-state index in [9.17, 15) is 26.3 Å². The van der Waals surface area contributed by atoms with E-state index in [1.54, 1.807) is 0 Å². The van der Waals surface area contributed by atoms with E-state index < -0.39 is 24.3 Å². The summed E-state index contributed by atoms with van der Waals surface area (Å²) in [6, 6.07) is 4.78. The number of alkyl halides is 6. The van der Waals surface area contributed by atoms with Gasteiger partial charge < -0.3 is 19.8 Å². The Morgan fingerprint density at radius 3 is 2.18 bits per heavy atom. The molecule has 1 atom stereocenters. The molecule has 2 aliphatic heterocycles. The number of halogens is 6. The molecular weight excluding hydrogens is 464 g/mol. The van der Waals surface area contributed by atoms with Gasteiger partial charge in [0.1, 0.15) is 5.82 Å². The number of fused-ring (bicyclic) bond motifs is 1. The number of nitrogens with zero attached hydrogens (tertiary/aromatic N) is 3. The number of pyridine rings is 1. The van der Waals surface area contributed by atoms with Gasteiger partial charge in [0.2, 0.25) is 0 Å². The molecule has 3 rings (SSSR count). The molecule has 186 valence electrons. The lowest BCUT2D eigenvalue weighted by Crippen LogP contribution is -2.38. The number of carbonyl (C=O) groups is 2. The molecule has 8 nitrogen and oxygen atoms in total. The second-order valence-electron chi connectivity index (χ2n) is 6.81. The molecule has 0 amide bonds. The lowest BCUT2D eigenvalue weighted by atomic mass is 10.2. The Kier molecular flexibility index (Phi) is 10.6. The summed E-state index contributed by atoms with van der Waals surface area (Å²) in [5, 5.41) is 14.2. The molecule has 0 aliphatic carbocycles. The maximum Gasteiger partial charge on any atom is 0.490 e. The molecule has 0 saturated carbocycles. The third-order valence-corrected chi connectivity index (χ3v) is 4.45. The molecular formula is C19H23F6N3O5. The number of carboxylic acid groups (broad SMARTS) is 2. The minimum Gasteiger partial charge on any atom is -0.475 e. The van der Waals surface area contributed by atoms with Crippen molar-refractivity contribution in [3.05, 3.63) is 36.5 Å². The topological polar surface area (TPSA) is 103 Å². The second-order valence-corrected chi connectivity index (χ2v) is 6.81. The van der Waals surface area contributed by atoms with Crippen molar-refractivity contribution >= 4 is 17.8 Å². The summed E-state index contributed by atoms with van der Waals surface area (Å²) in [7, 11) is 0. The van der Waals surface area contributed by atoms with Crippen molar-refractivity contribution in [1.82, 2.24) is 9.88 Å². The fourth-order valence-electron chi connectivity index (χ4n) is 2.95. The van der Waals surface area contributed by atoms with Gasteiger partial charge in [0.25, 0.3) is 0 Å². The first-order valence-corrected chi connectivity index (χ1v) is 9.49. The summed E-state index contributed by atoms with van der Waals surface area (Å²) in [6.07, 6.45) is -5.19. The van der Waals surface area contributed by atoms with E-state index in [1.807, 2.05) is 18.3 Å². The van der Waals surface area contributed by atoms with Crippen LogP contribution in [-0.2, 0) is 20.9 Å². The van der Waals surface area contributed by atoms with Gasteiger partial charge in [-0.1, -0.05) is 12.1 Å². The second kappa shape index (κ2) is 12.4. The summed E-state index contributed by atoms with van der Waals surface area (Å²) >= 11 is 0. The number of aliphatic carboxylic acids is 2. The van der Waals surface area contributed by atoms with Gasteiger partial charge in [-0.3, -0.25) is 4.90 Å². The number of anilines is 1. The number of carboxylic acids is 2. The van der Waals surface area contributed by atoms with Crippen LogP contribution in [0.15, 0.2) is 31.0 Å². The lowest BCUT2D eigenvalue weighted by molar-refractivity contribution is -0.193. The standard InChI is InChI=1S/C15H21N3O.2C2HF3O2/c1-2-7-17-8-9-18(14-5-10-19-12-14)11-13-4-3-6-16-15(13)17;2*3-2(4,5)1(6)7/h2-4,6,14H,1,5,7-12H2;2*(H,6,7). The van der Waals surface area contributed by atoms with E-state index in [0.717, 1.165) is 51.6 Å². The molecule has 33 heavy (non-hydrogen) atoms. The Hall–Kier alpha value is -2.87. The van der Waals surface area contributed by atoms with E-state index in [2.05, 4.69) is 27.4 Å². The number of hydrogen-bond acceptors (Lipinski definition) is 6. The number of hydrogen-bond donors (Lipinski definition) is 2. The highest BCUT2D eigenvalue weighted by Crippen LogP contribution is 2.25. The zero-order chi connectivity index (χ0) is 25.2. The van der Waals surface area contributed by atoms with Crippen LogP contribution in [0.1, 0.15) is 12.0 Å². The predicted octanol–water partition coefficient (Wildman–Crippen LogP) is 2.95. The number of ether oxygens (including phenoxy) is 1. The van der Waals surface area contributed by atoms with Gasteiger partial charge in [-0.25, -0.2) is 14.6 Å². The molecule has 14 heteroatoms. The molecule has 0 radical (unpaired) electrons. The van der Waals surface area contributed by atoms with Crippen LogP contribution in [-0.4, -0.2) is 83.3 Å². The van der Waals surface area contributed by atoms with Gasteiger partial charge in [0.05, 0.1) is 6.61 Å². The third-order valence-electron chi connectivity index (χ3n) is 4.45. The Morgan fingerprint density at radius 1 is 1.15 bits per heavy atom. The number of aromatic nitrogens is 1. The minimum atomic E-state index is -5.08. The van der Waals surface area contributed by atoms with Crippen LogP contribution >= 0.6 is 0 Å². The van der Waals surface area contributed by atoms with Gasteiger partial charge in [0, 0.05) is 50.6 Å². The van der Waals surface area contributed by atoms with E-state index in [0.29, 0.717) is 6.04 Å². The van der Waals surface area contributed by atoms with Crippen LogP contribution in [0.2, 0.25) is 0 Å². The maximum atomic E-state index is 10.6. The monoisotopic (exact) mass is 487 g/mol. The molecule has 2 aliphatic rings. The Morgan fingerprint density at radius 2 is 1.73 bits per heavy atom. The Balaban J connectivity index is 0.000000324. The zero-order valence-corrected chi connectivity index (χ0v) is 17.3. The van der Waals surface area contributed by atoms with Crippen LogP contribution in [0.4, 0.5) is 32.2 Å². The minimum absolute atomic E-state index is 0.566. The van der Waals surface area contributed by atoms with Gasteiger partial charge in [0.15, 0.2) is 0 Å². The molecule has 0 bridgehead atoms. The van der Waals surface area contributed by atoms with E-state index in [1.165, 1.54) is 5.56 Å². The van der Waals surface area contributed by atoms with Crippen LogP contribution in [0.5, 0.6) is 0 Å². The average Bonchev–Trinajstić information content (AvgIpc) is 3.18. The van der Waals surface area contributed by atoms with Crippen molar-refractivity contribution in [2.45, 2.75) is 31.4 Å². The lowest BCUT2D eigenvalue weighted by Gasteiger charge is -2.26. The predicted molar refractivity (Wildman–Crippen MR) is 104 cm³/mol. The Bertz CT molecular complexity index is 773. The van der Waals surface area contributed by atoms with Crippen LogP contribution in [0.25, 0.3) is 0 Å². The van der Waals surface area contributed by atoms with Gasteiger partial charge in [-0.2, -0.15) is 26.3 Å². The van der Waals surface area contributed by atoms with Gasteiger partial charge >= 0.3 is 24.3 Å². The molecule has 1 fully saturated rings. The summed E-state index contributed by atoms with van der Waals surface area (Å²) in [5.74, 6) is -4.40. The quantitative estimate of drug-likeness (QED) is 0.496. The normalized spacial score (nSPS) is 18.6. The van der Waals surface area contributed by atoms with E-state index >= 15 is 0 Å². The summed E-state index contributed by atoms with van der Waals surface area (Å²) < 4.78 is 69.0. The fourth-order valence-corrected chi connectivity index (χ4v) is 2.95. The van der Waals surface area contributed by atoms with Crippen molar-refractivity contribution in [2.24, 2.45) is 0 Å². The highest BCUT2D eigenvalue weighted by atomic mass is 19.4. The zero-order valence-electron chi connectivity index (χ0n) is 17.3. The van der Waals surface area contributed by atoms with E-state index in [4.69, 9.17) is 24.5 Å². The smallest absolute Gasteiger partial charge is 0.475 e. The van der Waals surface area contributed by atoms with Crippen molar-refractivity contribution in [1.29, 1.82) is 0 Å². The molecule has 1 aromatic heterocycles. The highest BCUT2D eigenvalue weighted by Gasteiger charge is 2.38. The first kappa shape index (κ1) is 28.2. The summed E-state index contributed by atoms with van der Waals surface area (Å²) in [5.41, 5.74) is 1.31. The number of rotatable bonds is 3. The van der Waals surface area contributed by atoms with Crippen molar-refractivity contribution in [3.63, 3.8) is 0 Å². The van der Waals surface area contributed by atoms with Crippen LogP contribution < -0.4 is 4.90 Å². The first-order valence-electron chi connectivity index (χ1n) is 9.49. The first-order chi connectivity index (χ1) is 15.3. The fraction of sp³-hybridized carbons (Fsp3) is 0.526. The SMILES string of the molecule is C=CCN1CCN(C2CCOC2)Cc2cccnc21.O=C(O)C(F)(F)F.O=C(O)C(F)(F)F. The molecule has 0 spiro atoms. The molecule has 1 saturated heterocycles. The van der Waals surface area contributed by atoms with E-state index in [-0.39, 0.29) is 0 Å². The molecule has 3 heterocycles. The van der Waals surface area contributed by atoms with Gasteiger partial charge in [-0.15, -0.1) is 6.58 Å². The summed E-state index contributed by atoms with van der Waals surface area (Å²) in [4.78, 5) is 27.2. The Labute approximate surface area is 185 Å². The molecule has 1 unspecified atom stereocenters. The summed E-state index contributed by atoms with van der Waals surface area (Å²) in [6.45, 7) is 9.54. The molecule has 2 N–H and O–H groups in total. The van der Waals surface area contributed by atoms with Crippen LogP contribution in [0.3, 0.4) is 0 Å². The van der Waals surface area contributed by atoms with Gasteiger partial charge in [-0.05, 0) is 12.5 Å². The third kappa shape index (κ3) is 9.65. The maximum absolute atomic E-state index is 10.6.